The fourth-order valence-corrected chi connectivity index (χ4v) is 2.83. The first-order valence-electron chi connectivity index (χ1n) is 6.99. The van der Waals surface area contributed by atoms with Gasteiger partial charge < -0.3 is 25.2 Å². The quantitative estimate of drug-likeness (QED) is 0.747. The number of likely N-dealkylation sites (tertiary alicyclic amines) is 1. The Labute approximate surface area is 120 Å². The average Bonchev–Trinajstić information content (AvgIpc) is 2.46. The zero-order chi connectivity index (χ0) is 15.4. The number of hydrogen-bond acceptors (Lipinski definition) is 5. The molecule has 6 nitrogen and oxygen atoms in total. The van der Waals surface area contributed by atoms with Crippen molar-refractivity contribution in [2.24, 2.45) is 5.73 Å². The molecule has 2 aliphatic rings. The highest BCUT2D eigenvalue weighted by molar-refractivity contribution is 5.70. The minimum Gasteiger partial charge on any atom is -0.444 e. The molecule has 0 spiro atoms. The third-order valence-electron chi connectivity index (χ3n) is 3.94. The van der Waals surface area contributed by atoms with E-state index in [0.29, 0.717) is 6.42 Å². The Morgan fingerprint density at radius 1 is 1.35 bits per heavy atom. The highest BCUT2D eigenvalue weighted by atomic mass is 16.6. The lowest BCUT2D eigenvalue weighted by atomic mass is 9.72. The fraction of sp³-hybridized carbons (Fsp3) is 0.929. The van der Waals surface area contributed by atoms with Crippen molar-refractivity contribution in [3.05, 3.63) is 0 Å². The predicted octanol–water partition coefficient (Wildman–Crippen LogP) is 0.865. The summed E-state index contributed by atoms with van der Waals surface area (Å²) in [5, 5.41) is 10.7. The number of rotatable bonds is 1. The number of ether oxygens (including phenoxy) is 2. The molecule has 1 atom stereocenters. The number of carbonyl (C=O) groups excluding carboxylic acids is 1. The van der Waals surface area contributed by atoms with Crippen LogP contribution in [-0.2, 0) is 9.47 Å². The topological polar surface area (TPSA) is 85.0 Å². The second-order valence-corrected chi connectivity index (χ2v) is 7.75. The highest BCUT2D eigenvalue weighted by Gasteiger charge is 2.61. The van der Waals surface area contributed by atoms with Crippen LogP contribution in [0.3, 0.4) is 0 Å². The van der Waals surface area contributed by atoms with Crippen LogP contribution in [-0.4, -0.2) is 58.1 Å². The molecular weight excluding hydrogens is 260 g/mol. The Hall–Kier alpha value is -0.850. The molecule has 0 saturated carbocycles. The van der Waals surface area contributed by atoms with Crippen LogP contribution < -0.4 is 5.73 Å². The van der Waals surface area contributed by atoms with E-state index >= 15 is 0 Å². The third kappa shape index (κ3) is 2.77. The van der Waals surface area contributed by atoms with Gasteiger partial charge in [0.2, 0.25) is 0 Å². The van der Waals surface area contributed by atoms with Crippen LogP contribution in [0.1, 0.15) is 41.0 Å². The molecule has 1 unspecified atom stereocenters. The summed E-state index contributed by atoms with van der Waals surface area (Å²) in [5.41, 5.74) is 3.46. The van der Waals surface area contributed by atoms with Crippen LogP contribution >= 0.6 is 0 Å². The van der Waals surface area contributed by atoms with E-state index in [1.807, 2.05) is 34.6 Å². The Balaban J connectivity index is 1.96. The van der Waals surface area contributed by atoms with E-state index in [1.165, 1.54) is 4.90 Å². The molecule has 6 heteroatoms. The summed E-state index contributed by atoms with van der Waals surface area (Å²) >= 11 is 0. The van der Waals surface area contributed by atoms with Crippen LogP contribution in [0.2, 0.25) is 0 Å². The standard InChI is InChI=1S/C14H26N2O4/c1-11(2,3)20-10(17)16-7-13(15,8-16)14(18)6-12(4,5)19-9-14/h18H,6-9,15H2,1-5H3. The molecule has 0 aromatic rings. The lowest BCUT2D eigenvalue weighted by Gasteiger charge is -2.54. The van der Waals surface area contributed by atoms with Crippen molar-refractivity contribution >= 4 is 6.09 Å². The Bertz CT molecular complexity index is 410. The Morgan fingerprint density at radius 2 is 1.90 bits per heavy atom. The van der Waals surface area contributed by atoms with Gasteiger partial charge in [0.1, 0.15) is 11.2 Å². The van der Waals surface area contributed by atoms with Crippen LogP contribution in [0.4, 0.5) is 4.79 Å². The largest absolute Gasteiger partial charge is 0.444 e. The van der Waals surface area contributed by atoms with E-state index in [2.05, 4.69) is 0 Å². The first-order chi connectivity index (χ1) is 8.86. The van der Waals surface area contributed by atoms with Crippen molar-refractivity contribution in [3.8, 4) is 0 Å². The second-order valence-electron chi connectivity index (χ2n) is 7.75. The molecule has 1 amide bonds. The maximum atomic E-state index is 11.9. The zero-order valence-electron chi connectivity index (χ0n) is 13.0. The van der Waals surface area contributed by atoms with Gasteiger partial charge in [-0.15, -0.1) is 0 Å². The summed E-state index contributed by atoms with van der Waals surface area (Å²) < 4.78 is 10.9. The summed E-state index contributed by atoms with van der Waals surface area (Å²) in [7, 11) is 0. The molecule has 2 aliphatic heterocycles. The molecule has 0 aliphatic carbocycles. The van der Waals surface area contributed by atoms with Crippen molar-refractivity contribution in [1.29, 1.82) is 0 Å². The molecule has 20 heavy (non-hydrogen) atoms. The number of nitrogens with zero attached hydrogens (tertiary/aromatic N) is 1. The van der Waals surface area contributed by atoms with E-state index in [1.54, 1.807) is 0 Å². The van der Waals surface area contributed by atoms with Gasteiger partial charge >= 0.3 is 6.09 Å². The van der Waals surface area contributed by atoms with Crippen molar-refractivity contribution in [3.63, 3.8) is 0 Å². The molecule has 2 saturated heterocycles. The summed E-state index contributed by atoms with van der Waals surface area (Å²) in [6.07, 6.45) is 0.0823. The van der Waals surface area contributed by atoms with E-state index in [-0.39, 0.29) is 31.4 Å². The first-order valence-corrected chi connectivity index (χ1v) is 6.99. The molecule has 3 N–H and O–H groups in total. The van der Waals surface area contributed by atoms with Gasteiger partial charge in [0.05, 0.1) is 17.7 Å². The van der Waals surface area contributed by atoms with E-state index in [0.717, 1.165) is 0 Å². The van der Waals surface area contributed by atoms with Gasteiger partial charge in [-0.1, -0.05) is 0 Å². The fourth-order valence-electron chi connectivity index (χ4n) is 2.83. The Morgan fingerprint density at radius 3 is 2.30 bits per heavy atom. The second kappa shape index (κ2) is 4.32. The lowest BCUT2D eigenvalue weighted by Crippen LogP contribution is -2.79. The zero-order valence-corrected chi connectivity index (χ0v) is 13.0. The van der Waals surface area contributed by atoms with Crippen LogP contribution in [0.25, 0.3) is 0 Å². The molecule has 2 rings (SSSR count). The molecule has 2 fully saturated rings. The van der Waals surface area contributed by atoms with Crippen LogP contribution in [0.15, 0.2) is 0 Å². The van der Waals surface area contributed by atoms with Gasteiger partial charge in [-0.2, -0.15) is 0 Å². The van der Waals surface area contributed by atoms with Crippen molar-refractivity contribution in [2.45, 2.75) is 63.4 Å². The SMILES string of the molecule is CC(C)(C)OC(=O)N1CC(N)(C2(O)COC(C)(C)C2)C1. The van der Waals surface area contributed by atoms with Crippen LogP contribution in [0, 0.1) is 0 Å². The van der Waals surface area contributed by atoms with Crippen molar-refractivity contribution in [2.75, 3.05) is 19.7 Å². The van der Waals surface area contributed by atoms with Gasteiger partial charge in [0.15, 0.2) is 0 Å². The lowest BCUT2D eigenvalue weighted by molar-refractivity contribution is -0.105. The van der Waals surface area contributed by atoms with E-state index in [4.69, 9.17) is 15.2 Å². The number of carbonyl (C=O) groups is 1. The van der Waals surface area contributed by atoms with E-state index < -0.39 is 16.7 Å². The molecule has 0 aromatic heterocycles. The molecule has 0 bridgehead atoms. The number of nitrogens with two attached hydrogens (primary N) is 1. The maximum absolute atomic E-state index is 11.9. The molecule has 0 aromatic carbocycles. The third-order valence-corrected chi connectivity index (χ3v) is 3.94. The smallest absolute Gasteiger partial charge is 0.410 e. The average molecular weight is 286 g/mol. The van der Waals surface area contributed by atoms with Crippen molar-refractivity contribution < 1.29 is 19.4 Å². The van der Waals surface area contributed by atoms with E-state index in [9.17, 15) is 9.90 Å². The molecule has 2 heterocycles. The van der Waals surface area contributed by atoms with Gasteiger partial charge in [0, 0.05) is 19.5 Å². The number of aliphatic hydroxyl groups is 1. The van der Waals surface area contributed by atoms with Gasteiger partial charge in [-0.3, -0.25) is 0 Å². The summed E-state index contributed by atoms with van der Waals surface area (Å²) in [6, 6.07) is 0. The van der Waals surface area contributed by atoms with Gasteiger partial charge in [0.25, 0.3) is 0 Å². The Kier molecular flexibility index (Phi) is 3.36. The molecule has 0 radical (unpaired) electrons. The molecule has 116 valence electrons. The monoisotopic (exact) mass is 286 g/mol. The van der Waals surface area contributed by atoms with Gasteiger partial charge in [-0.25, -0.2) is 4.79 Å². The normalized spacial score (nSPS) is 31.9. The number of hydrogen-bond donors (Lipinski definition) is 2. The highest BCUT2D eigenvalue weighted by Crippen LogP contribution is 2.42. The minimum absolute atomic E-state index is 0.207. The summed E-state index contributed by atoms with van der Waals surface area (Å²) in [6.45, 7) is 10.1. The molecular formula is C14H26N2O4. The minimum atomic E-state index is -1.09. The maximum Gasteiger partial charge on any atom is 0.410 e. The predicted molar refractivity (Wildman–Crippen MR) is 74.3 cm³/mol. The van der Waals surface area contributed by atoms with Crippen LogP contribution in [0.5, 0.6) is 0 Å². The van der Waals surface area contributed by atoms with Crippen molar-refractivity contribution in [1.82, 2.24) is 4.90 Å². The summed E-state index contributed by atoms with van der Waals surface area (Å²) in [5.74, 6) is 0. The number of amides is 1. The summed E-state index contributed by atoms with van der Waals surface area (Å²) in [4.78, 5) is 13.4. The van der Waals surface area contributed by atoms with Gasteiger partial charge in [-0.05, 0) is 34.6 Å². The first kappa shape index (κ1) is 15.5.